The Kier molecular flexibility index (Phi) is 20.0. The number of hydrogen-bond acceptors (Lipinski definition) is 8. The third-order valence-electron chi connectivity index (χ3n) is 0. The molecule has 0 aliphatic rings. The first kappa shape index (κ1) is 23.9. The molecule has 0 heterocycles. The van der Waals surface area contributed by atoms with Crippen molar-refractivity contribution in [2.45, 2.75) is 0 Å². The fourth-order valence-electron chi connectivity index (χ4n) is 0. The average Bonchev–Trinajstić information content (AvgIpc) is 1.12. The first-order chi connectivity index (χ1) is 4.00. The number of phosphoric acid groups is 2. The third kappa shape index (κ3) is 269. The van der Waals surface area contributed by atoms with Gasteiger partial charge in [0.05, 0.1) is 0 Å². The largest absolute Gasteiger partial charge is 2.00 e. The SMILES string of the molecule is O=P([O-])([O-])[O-].O=P([O-])([O-])[O-].[Mg+2].[Sr]. The van der Waals surface area contributed by atoms with Crippen LogP contribution in [0.3, 0.4) is 0 Å². The van der Waals surface area contributed by atoms with E-state index in [4.69, 9.17) is 38.5 Å². The molecule has 0 atom stereocenters. The maximum Gasteiger partial charge on any atom is 2.00 e. The van der Waals surface area contributed by atoms with E-state index in [-0.39, 0.29) is 68.5 Å². The van der Waals surface area contributed by atoms with Crippen LogP contribution in [0.2, 0.25) is 0 Å². The van der Waals surface area contributed by atoms with Crippen LogP contribution in [-0.2, 0) is 9.13 Å². The van der Waals surface area contributed by atoms with Gasteiger partial charge in [0.1, 0.15) is 0 Å². The zero-order valence-electron chi connectivity index (χ0n) is 5.57. The Bertz CT molecular complexity index is 129. The van der Waals surface area contributed by atoms with Crippen molar-refractivity contribution in [2.75, 3.05) is 0 Å². The summed E-state index contributed by atoms with van der Waals surface area (Å²) in [7, 11) is -10.8. The van der Waals surface area contributed by atoms with E-state index in [2.05, 4.69) is 0 Å². The normalized spacial score (nSPS) is 9.83. The van der Waals surface area contributed by atoms with Gasteiger partial charge in [-0.2, -0.15) is 15.6 Å². The van der Waals surface area contributed by atoms with Gasteiger partial charge >= 0.3 is 23.1 Å². The van der Waals surface area contributed by atoms with E-state index in [0.29, 0.717) is 0 Å². The predicted octanol–water partition coefficient (Wildman–Crippen LogP) is -6.41. The van der Waals surface area contributed by atoms with Crippen molar-refractivity contribution >= 4 is 84.2 Å². The third-order valence-corrected chi connectivity index (χ3v) is 0. The summed E-state index contributed by atoms with van der Waals surface area (Å²) < 4.78 is 17.1. The molecule has 0 aliphatic carbocycles. The van der Waals surface area contributed by atoms with Crippen LogP contribution in [0.15, 0.2) is 0 Å². The van der Waals surface area contributed by atoms with Crippen LogP contribution in [0.5, 0.6) is 0 Å². The Hall–Kier alpha value is 2.47. The zero-order chi connectivity index (χ0) is 9.00. The van der Waals surface area contributed by atoms with E-state index < -0.39 is 15.6 Å². The Morgan fingerprint density at radius 1 is 0.667 bits per heavy atom. The predicted molar refractivity (Wildman–Crippen MR) is 26.7 cm³/mol. The van der Waals surface area contributed by atoms with Crippen LogP contribution in [0.1, 0.15) is 0 Å². The molecule has 0 saturated carbocycles. The fourth-order valence-corrected chi connectivity index (χ4v) is 0. The smallest absolute Gasteiger partial charge is 0.822 e. The molecule has 0 aliphatic heterocycles. The molecule has 0 spiro atoms. The quantitative estimate of drug-likeness (QED) is 0.313. The summed E-state index contributed by atoms with van der Waals surface area (Å²) in [6.07, 6.45) is 0. The topological polar surface area (TPSA) is 172 Å². The van der Waals surface area contributed by atoms with Crippen molar-refractivity contribution in [1.82, 2.24) is 0 Å². The molecule has 8 nitrogen and oxygen atoms in total. The zero-order valence-corrected chi connectivity index (χ0v) is 12.3. The van der Waals surface area contributed by atoms with Gasteiger partial charge in [-0.05, 0) is 0 Å². The van der Waals surface area contributed by atoms with Crippen LogP contribution >= 0.6 is 15.6 Å². The molecule has 0 fully saturated rings. The maximum atomic E-state index is 8.55. The summed E-state index contributed by atoms with van der Waals surface area (Å²) in [5, 5.41) is 0. The summed E-state index contributed by atoms with van der Waals surface area (Å²) in [5.41, 5.74) is 0. The summed E-state index contributed by atoms with van der Waals surface area (Å²) in [6.45, 7) is 0. The maximum absolute atomic E-state index is 8.55. The van der Waals surface area contributed by atoms with E-state index in [1.165, 1.54) is 0 Å². The minimum Gasteiger partial charge on any atom is -0.822 e. The molecule has 0 bridgehead atoms. The molecular formula is MgO8P2Sr-4. The summed E-state index contributed by atoms with van der Waals surface area (Å²) in [6, 6.07) is 0. The van der Waals surface area contributed by atoms with Crippen molar-refractivity contribution in [2.24, 2.45) is 0 Å². The van der Waals surface area contributed by atoms with Gasteiger partial charge in [-0.1, -0.05) is 0 Å². The van der Waals surface area contributed by atoms with Gasteiger partial charge in [0, 0.05) is 45.5 Å². The molecule has 12 heavy (non-hydrogen) atoms. The van der Waals surface area contributed by atoms with E-state index in [9.17, 15) is 0 Å². The first-order valence-corrected chi connectivity index (χ1v) is 4.38. The van der Waals surface area contributed by atoms with Crippen LogP contribution in [-0.4, -0.2) is 68.5 Å². The van der Waals surface area contributed by atoms with Gasteiger partial charge in [0.2, 0.25) is 0 Å². The molecule has 0 saturated heterocycles. The van der Waals surface area contributed by atoms with Gasteiger partial charge < -0.3 is 38.5 Å². The number of hydrogen-bond donors (Lipinski definition) is 0. The van der Waals surface area contributed by atoms with Crippen LogP contribution < -0.4 is 29.4 Å². The monoisotopic (exact) mass is 302 g/mol. The fraction of sp³-hybridized carbons (Fsp3) is 0. The summed E-state index contributed by atoms with van der Waals surface area (Å²) >= 11 is 0. The van der Waals surface area contributed by atoms with Crippen molar-refractivity contribution < 1.29 is 38.5 Å². The van der Waals surface area contributed by atoms with Crippen molar-refractivity contribution in [3.05, 3.63) is 0 Å². The minimum absolute atomic E-state index is 0. The van der Waals surface area contributed by atoms with Gasteiger partial charge in [-0.15, -0.1) is 0 Å². The Morgan fingerprint density at radius 2 is 0.667 bits per heavy atom. The Balaban J connectivity index is -0.0000000457. The molecule has 12 heteroatoms. The second kappa shape index (κ2) is 10.0. The molecule has 0 aromatic carbocycles. The Morgan fingerprint density at radius 3 is 0.667 bits per heavy atom. The second-order valence-electron chi connectivity index (χ2n) is 0.894. The second-order valence-corrected chi connectivity index (χ2v) is 2.68. The summed E-state index contributed by atoms with van der Waals surface area (Å²) in [4.78, 5) is 51.3. The van der Waals surface area contributed by atoms with Gasteiger partial charge in [0.15, 0.2) is 0 Å². The molecule has 0 unspecified atom stereocenters. The first-order valence-electron chi connectivity index (χ1n) is 1.46. The molecule has 2 radical (unpaired) electrons. The molecular weight excluding hydrogens is 302 g/mol. The van der Waals surface area contributed by atoms with Crippen LogP contribution in [0, 0.1) is 0 Å². The standard InChI is InChI=1S/Mg.2H3O4P.Sr/c;2*1-5(2,3)4;/h;2*(H3,1,2,3,4);/q+2;;;/p-6. The van der Waals surface area contributed by atoms with Gasteiger partial charge in [0.25, 0.3) is 0 Å². The van der Waals surface area contributed by atoms with Crippen molar-refractivity contribution in [3.63, 3.8) is 0 Å². The van der Waals surface area contributed by atoms with Crippen molar-refractivity contribution in [3.8, 4) is 0 Å². The van der Waals surface area contributed by atoms with Crippen molar-refractivity contribution in [1.29, 1.82) is 0 Å². The van der Waals surface area contributed by atoms with Crippen LogP contribution in [0.4, 0.5) is 0 Å². The minimum atomic E-state index is -5.39. The van der Waals surface area contributed by atoms with E-state index in [0.717, 1.165) is 0 Å². The molecule has 0 aromatic heterocycles. The molecule has 0 amide bonds. The average molecular weight is 302 g/mol. The van der Waals surface area contributed by atoms with Gasteiger partial charge in [-0.3, -0.25) is 0 Å². The molecule has 66 valence electrons. The van der Waals surface area contributed by atoms with E-state index in [1.54, 1.807) is 0 Å². The van der Waals surface area contributed by atoms with Gasteiger partial charge in [-0.25, -0.2) is 0 Å². The van der Waals surface area contributed by atoms with E-state index in [1.807, 2.05) is 0 Å². The molecule has 0 N–H and O–H groups in total. The van der Waals surface area contributed by atoms with Crippen LogP contribution in [0.25, 0.3) is 0 Å². The van der Waals surface area contributed by atoms with E-state index >= 15 is 0 Å². The summed E-state index contributed by atoms with van der Waals surface area (Å²) in [5.74, 6) is 0. The number of rotatable bonds is 0. The molecule has 0 aromatic rings. The molecule has 0 rings (SSSR count). The Labute approximate surface area is 121 Å².